The molecule has 3 nitrogen and oxygen atoms in total. The summed E-state index contributed by atoms with van der Waals surface area (Å²) in [6.07, 6.45) is 1.21. The molecule has 16 heavy (non-hydrogen) atoms. The van der Waals surface area contributed by atoms with Gasteiger partial charge in [-0.3, -0.25) is 9.19 Å². The van der Waals surface area contributed by atoms with Crippen molar-refractivity contribution in [2.45, 2.75) is 19.9 Å². The SMILES string of the molecule is CCS(=O)CCNC(C)c1ccc(F)cn1. The summed E-state index contributed by atoms with van der Waals surface area (Å²) in [6, 6.07) is 3.10. The number of nitrogens with one attached hydrogen (secondary N) is 1. The Morgan fingerprint density at radius 1 is 1.56 bits per heavy atom. The van der Waals surface area contributed by atoms with Crippen LogP contribution in [-0.4, -0.2) is 27.2 Å². The van der Waals surface area contributed by atoms with E-state index >= 15 is 0 Å². The Balaban J connectivity index is 2.37. The average molecular weight is 244 g/mol. The van der Waals surface area contributed by atoms with Crippen LogP contribution >= 0.6 is 0 Å². The molecule has 0 aliphatic heterocycles. The molecule has 0 saturated carbocycles. The van der Waals surface area contributed by atoms with Gasteiger partial charge in [0.05, 0.1) is 11.9 Å². The van der Waals surface area contributed by atoms with Crippen LogP contribution in [-0.2, 0) is 10.8 Å². The third kappa shape index (κ3) is 4.37. The van der Waals surface area contributed by atoms with E-state index in [9.17, 15) is 8.60 Å². The molecule has 0 spiro atoms. The molecule has 0 amide bonds. The minimum Gasteiger partial charge on any atom is -0.308 e. The molecule has 0 bridgehead atoms. The Bertz CT molecular complexity index is 342. The predicted molar refractivity (Wildman–Crippen MR) is 64.2 cm³/mol. The molecule has 1 heterocycles. The molecular weight excluding hydrogens is 227 g/mol. The van der Waals surface area contributed by atoms with Gasteiger partial charge in [-0.25, -0.2) is 4.39 Å². The van der Waals surface area contributed by atoms with Gasteiger partial charge in [-0.15, -0.1) is 0 Å². The van der Waals surface area contributed by atoms with Crippen LogP contribution in [0.4, 0.5) is 4.39 Å². The molecule has 90 valence electrons. The zero-order chi connectivity index (χ0) is 12.0. The predicted octanol–water partition coefficient (Wildman–Crippen LogP) is 1.64. The Morgan fingerprint density at radius 2 is 2.31 bits per heavy atom. The van der Waals surface area contributed by atoms with E-state index in [0.29, 0.717) is 18.1 Å². The topological polar surface area (TPSA) is 42.0 Å². The van der Waals surface area contributed by atoms with Gasteiger partial charge >= 0.3 is 0 Å². The van der Waals surface area contributed by atoms with E-state index in [2.05, 4.69) is 10.3 Å². The number of nitrogens with zero attached hydrogens (tertiary/aromatic N) is 1. The molecule has 0 aromatic carbocycles. The summed E-state index contributed by atoms with van der Waals surface area (Å²) < 4.78 is 23.8. The summed E-state index contributed by atoms with van der Waals surface area (Å²) in [6.45, 7) is 4.54. The largest absolute Gasteiger partial charge is 0.308 e. The molecule has 1 aromatic rings. The summed E-state index contributed by atoms with van der Waals surface area (Å²) in [5.41, 5.74) is 0.795. The first-order chi connectivity index (χ1) is 7.63. The zero-order valence-electron chi connectivity index (χ0n) is 9.57. The quantitative estimate of drug-likeness (QED) is 0.827. The van der Waals surface area contributed by atoms with E-state index < -0.39 is 10.8 Å². The highest BCUT2D eigenvalue weighted by molar-refractivity contribution is 7.84. The Labute approximate surface area is 97.9 Å². The van der Waals surface area contributed by atoms with Gasteiger partial charge in [0.1, 0.15) is 5.82 Å². The fourth-order valence-electron chi connectivity index (χ4n) is 1.28. The molecule has 5 heteroatoms. The summed E-state index contributed by atoms with van der Waals surface area (Å²) >= 11 is 0. The van der Waals surface area contributed by atoms with Gasteiger partial charge in [-0.05, 0) is 19.1 Å². The first-order valence-electron chi connectivity index (χ1n) is 5.33. The van der Waals surface area contributed by atoms with Gasteiger partial charge in [-0.2, -0.15) is 0 Å². The van der Waals surface area contributed by atoms with Crippen molar-refractivity contribution in [3.63, 3.8) is 0 Å². The van der Waals surface area contributed by atoms with Gasteiger partial charge in [0.25, 0.3) is 0 Å². The van der Waals surface area contributed by atoms with Gasteiger partial charge in [-0.1, -0.05) is 6.92 Å². The maximum Gasteiger partial charge on any atom is 0.141 e. The van der Waals surface area contributed by atoms with Gasteiger partial charge < -0.3 is 5.32 Å². The first kappa shape index (κ1) is 13.3. The number of hydrogen-bond acceptors (Lipinski definition) is 3. The highest BCUT2D eigenvalue weighted by atomic mass is 32.2. The van der Waals surface area contributed by atoms with Crippen LogP contribution in [0, 0.1) is 5.82 Å². The van der Waals surface area contributed by atoms with Crippen molar-refractivity contribution in [2.24, 2.45) is 0 Å². The normalized spacial score (nSPS) is 14.7. The molecule has 2 atom stereocenters. The van der Waals surface area contributed by atoms with Crippen LogP contribution < -0.4 is 5.32 Å². The highest BCUT2D eigenvalue weighted by Crippen LogP contribution is 2.08. The second-order valence-corrected chi connectivity index (χ2v) is 5.37. The minimum atomic E-state index is -0.746. The molecule has 1 aromatic heterocycles. The van der Waals surface area contributed by atoms with Crippen LogP contribution in [0.15, 0.2) is 18.3 Å². The molecule has 1 N–H and O–H groups in total. The molecule has 0 aliphatic carbocycles. The van der Waals surface area contributed by atoms with E-state index in [1.807, 2.05) is 13.8 Å². The maximum absolute atomic E-state index is 12.6. The van der Waals surface area contributed by atoms with E-state index in [-0.39, 0.29) is 11.9 Å². The lowest BCUT2D eigenvalue weighted by molar-refractivity contribution is 0.572. The van der Waals surface area contributed by atoms with Crippen LogP contribution in [0.1, 0.15) is 25.6 Å². The third-order valence-corrected chi connectivity index (χ3v) is 3.60. The Kier molecular flexibility index (Phi) is 5.55. The number of aromatic nitrogens is 1. The monoisotopic (exact) mass is 244 g/mol. The second kappa shape index (κ2) is 6.70. The molecule has 0 aliphatic rings. The van der Waals surface area contributed by atoms with Crippen molar-refractivity contribution in [3.05, 3.63) is 29.8 Å². The van der Waals surface area contributed by atoms with Gasteiger partial charge in [0, 0.05) is 34.9 Å². The van der Waals surface area contributed by atoms with Crippen molar-refractivity contribution >= 4 is 10.8 Å². The lowest BCUT2D eigenvalue weighted by atomic mass is 10.2. The maximum atomic E-state index is 12.6. The Hall–Kier alpha value is -0.810. The van der Waals surface area contributed by atoms with Gasteiger partial charge in [0.15, 0.2) is 0 Å². The molecule has 0 radical (unpaired) electrons. The number of rotatable bonds is 6. The third-order valence-electron chi connectivity index (χ3n) is 2.30. The lowest BCUT2D eigenvalue weighted by Crippen LogP contribution is -2.24. The summed E-state index contributed by atoms with van der Waals surface area (Å²) in [4.78, 5) is 3.98. The second-order valence-electron chi connectivity index (χ2n) is 3.51. The van der Waals surface area contributed by atoms with Gasteiger partial charge in [0.2, 0.25) is 0 Å². The van der Waals surface area contributed by atoms with Crippen molar-refractivity contribution in [3.8, 4) is 0 Å². The molecular formula is C11H17FN2OS. The van der Waals surface area contributed by atoms with Crippen LogP contribution in [0.5, 0.6) is 0 Å². The fourth-order valence-corrected chi connectivity index (χ4v) is 1.92. The molecule has 2 unspecified atom stereocenters. The van der Waals surface area contributed by atoms with Crippen LogP contribution in [0.3, 0.4) is 0 Å². The number of halogens is 1. The standard InChI is InChI=1S/C11H17FN2OS/c1-3-16(15)7-6-13-9(2)11-5-4-10(12)8-14-11/h4-5,8-9,13H,3,6-7H2,1-2H3. The smallest absolute Gasteiger partial charge is 0.141 e. The lowest BCUT2D eigenvalue weighted by Gasteiger charge is -2.12. The molecule has 0 fully saturated rings. The Morgan fingerprint density at radius 3 is 2.88 bits per heavy atom. The van der Waals surface area contributed by atoms with Crippen molar-refractivity contribution < 1.29 is 8.60 Å². The van der Waals surface area contributed by atoms with Crippen molar-refractivity contribution in [1.82, 2.24) is 10.3 Å². The molecule has 1 rings (SSSR count). The van der Waals surface area contributed by atoms with E-state index in [1.165, 1.54) is 12.3 Å². The van der Waals surface area contributed by atoms with Crippen molar-refractivity contribution in [1.29, 1.82) is 0 Å². The summed E-state index contributed by atoms with van der Waals surface area (Å²) in [5.74, 6) is 0.996. The van der Waals surface area contributed by atoms with Crippen LogP contribution in [0.2, 0.25) is 0 Å². The minimum absolute atomic E-state index is 0.0504. The van der Waals surface area contributed by atoms with E-state index in [0.717, 1.165) is 5.69 Å². The number of pyridine rings is 1. The van der Waals surface area contributed by atoms with Crippen molar-refractivity contribution in [2.75, 3.05) is 18.1 Å². The summed E-state index contributed by atoms with van der Waals surface area (Å²) in [5, 5.41) is 3.21. The van der Waals surface area contributed by atoms with E-state index in [1.54, 1.807) is 6.07 Å². The summed E-state index contributed by atoms with van der Waals surface area (Å²) in [7, 11) is -0.746. The number of hydrogen-bond donors (Lipinski definition) is 1. The molecule has 0 saturated heterocycles. The highest BCUT2D eigenvalue weighted by Gasteiger charge is 2.06. The van der Waals surface area contributed by atoms with E-state index in [4.69, 9.17) is 0 Å². The average Bonchev–Trinajstić information content (AvgIpc) is 2.29. The first-order valence-corrected chi connectivity index (χ1v) is 6.82. The zero-order valence-corrected chi connectivity index (χ0v) is 10.4. The fraction of sp³-hybridized carbons (Fsp3) is 0.545. The van der Waals surface area contributed by atoms with Crippen LogP contribution in [0.25, 0.3) is 0 Å².